The lowest BCUT2D eigenvalue weighted by molar-refractivity contribution is -0.119. The molecule has 5 nitrogen and oxygen atoms in total. The van der Waals surface area contributed by atoms with Gasteiger partial charge in [0.05, 0.1) is 6.61 Å². The average Bonchev–Trinajstić information content (AvgIpc) is 2.41. The molecule has 126 valence electrons. The summed E-state index contributed by atoms with van der Waals surface area (Å²) in [7, 11) is -4.33. The van der Waals surface area contributed by atoms with Gasteiger partial charge >= 0.3 is 0 Å². The fourth-order valence-corrected chi connectivity index (χ4v) is 2.84. The van der Waals surface area contributed by atoms with Crippen LogP contribution in [0.4, 0.5) is 0 Å². The van der Waals surface area contributed by atoms with Crippen molar-refractivity contribution in [2.45, 2.75) is 82.8 Å². The highest BCUT2D eigenvalue weighted by Gasteiger charge is 2.24. The van der Waals surface area contributed by atoms with Crippen LogP contribution in [0.15, 0.2) is 0 Å². The van der Waals surface area contributed by atoms with Gasteiger partial charge < -0.3 is 5.11 Å². The van der Waals surface area contributed by atoms with Crippen LogP contribution in [0.1, 0.15) is 77.6 Å². The number of aliphatic hydroxyl groups is 1. The molecule has 0 saturated heterocycles. The molecule has 21 heavy (non-hydrogen) atoms. The van der Waals surface area contributed by atoms with E-state index in [9.17, 15) is 13.2 Å². The SMILES string of the molecule is CCCCCCCCCCCC(=O)CC(CO)S(=O)(=O)O. The highest BCUT2D eigenvalue weighted by molar-refractivity contribution is 7.86. The lowest BCUT2D eigenvalue weighted by Crippen LogP contribution is -2.27. The van der Waals surface area contributed by atoms with Gasteiger partial charge in [-0.2, -0.15) is 8.42 Å². The Bertz CT molecular complexity index is 364. The van der Waals surface area contributed by atoms with E-state index < -0.39 is 22.0 Å². The van der Waals surface area contributed by atoms with Crippen molar-refractivity contribution in [3.05, 3.63) is 0 Å². The summed E-state index contributed by atoms with van der Waals surface area (Å²) in [6.45, 7) is 1.47. The Labute approximate surface area is 128 Å². The van der Waals surface area contributed by atoms with E-state index in [4.69, 9.17) is 9.66 Å². The van der Waals surface area contributed by atoms with Gasteiger partial charge in [0.1, 0.15) is 11.0 Å². The monoisotopic (exact) mass is 322 g/mol. The van der Waals surface area contributed by atoms with Gasteiger partial charge in [0, 0.05) is 12.8 Å². The standard InChI is InChI=1S/C15H30O5S/c1-2-3-4-5-6-7-8-9-10-11-14(17)12-15(13-16)21(18,19)20/h15-16H,2-13H2,1H3,(H,18,19,20). The Hall–Kier alpha value is -0.460. The van der Waals surface area contributed by atoms with Crippen LogP contribution < -0.4 is 0 Å². The molecule has 0 bridgehead atoms. The Morgan fingerprint density at radius 3 is 1.86 bits per heavy atom. The lowest BCUT2D eigenvalue weighted by Gasteiger charge is -2.09. The summed E-state index contributed by atoms with van der Waals surface area (Å²) >= 11 is 0. The minimum absolute atomic E-state index is 0.213. The molecule has 0 radical (unpaired) electrons. The summed E-state index contributed by atoms with van der Waals surface area (Å²) < 4.78 is 30.5. The van der Waals surface area contributed by atoms with Gasteiger partial charge in [-0.1, -0.05) is 58.3 Å². The summed E-state index contributed by atoms with van der Waals surface area (Å²) in [5.74, 6) is -0.213. The second-order valence-electron chi connectivity index (χ2n) is 5.64. The first-order chi connectivity index (χ1) is 9.91. The predicted octanol–water partition coefficient (Wildman–Crippen LogP) is 3.12. The first-order valence-electron chi connectivity index (χ1n) is 8.00. The zero-order valence-corrected chi connectivity index (χ0v) is 13.9. The van der Waals surface area contributed by atoms with E-state index in [-0.39, 0.29) is 12.2 Å². The van der Waals surface area contributed by atoms with Crippen molar-refractivity contribution >= 4 is 15.9 Å². The van der Waals surface area contributed by atoms with E-state index in [0.717, 1.165) is 19.3 Å². The molecule has 0 rings (SSSR count). The van der Waals surface area contributed by atoms with E-state index in [1.54, 1.807) is 0 Å². The summed E-state index contributed by atoms with van der Waals surface area (Å²) in [4.78, 5) is 11.6. The molecule has 0 aromatic heterocycles. The van der Waals surface area contributed by atoms with Crippen molar-refractivity contribution in [2.24, 2.45) is 0 Å². The van der Waals surface area contributed by atoms with Crippen LogP contribution in [0.5, 0.6) is 0 Å². The number of hydrogen-bond acceptors (Lipinski definition) is 4. The lowest BCUT2D eigenvalue weighted by atomic mass is 10.0. The molecule has 0 aromatic carbocycles. The highest BCUT2D eigenvalue weighted by atomic mass is 32.2. The van der Waals surface area contributed by atoms with Crippen molar-refractivity contribution in [2.75, 3.05) is 6.61 Å². The minimum atomic E-state index is -4.33. The highest BCUT2D eigenvalue weighted by Crippen LogP contribution is 2.12. The number of rotatable bonds is 14. The fraction of sp³-hybridized carbons (Fsp3) is 0.933. The molecule has 0 fully saturated rings. The third-order valence-electron chi connectivity index (χ3n) is 3.64. The summed E-state index contributed by atoms with van der Waals surface area (Å²) in [5, 5.41) is 7.48. The van der Waals surface area contributed by atoms with Gasteiger partial charge in [-0.3, -0.25) is 9.35 Å². The van der Waals surface area contributed by atoms with Crippen LogP contribution in [0.25, 0.3) is 0 Å². The maximum Gasteiger partial charge on any atom is 0.270 e. The quantitative estimate of drug-likeness (QED) is 0.379. The molecule has 0 spiro atoms. The zero-order valence-electron chi connectivity index (χ0n) is 13.1. The number of carbonyl (C=O) groups is 1. The second kappa shape index (κ2) is 12.1. The third kappa shape index (κ3) is 11.8. The number of aliphatic hydroxyl groups excluding tert-OH is 1. The molecule has 0 amide bonds. The molecule has 0 saturated carbocycles. The molecule has 1 unspecified atom stereocenters. The van der Waals surface area contributed by atoms with Crippen LogP contribution in [0, 0.1) is 0 Å². The summed E-state index contributed by atoms with van der Waals surface area (Å²) in [6, 6.07) is 0. The first kappa shape index (κ1) is 20.5. The van der Waals surface area contributed by atoms with Crippen molar-refractivity contribution in [3.63, 3.8) is 0 Å². The molecular formula is C15H30O5S. The van der Waals surface area contributed by atoms with E-state index in [0.29, 0.717) is 6.42 Å². The predicted molar refractivity (Wildman–Crippen MR) is 83.9 cm³/mol. The van der Waals surface area contributed by atoms with Crippen LogP contribution in [-0.4, -0.2) is 35.7 Å². The van der Waals surface area contributed by atoms with Gasteiger partial charge in [-0.05, 0) is 6.42 Å². The van der Waals surface area contributed by atoms with Crippen LogP contribution >= 0.6 is 0 Å². The number of ketones is 1. The Balaban J connectivity index is 3.58. The fourth-order valence-electron chi connectivity index (χ4n) is 2.25. The molecule has 0 heterocycles. The minimum Gasteiger partial charge on any atom is -0.395 e. The van der Waals surface area contributed by atoms with Gasteiger partial charge in [-0.25, -0.2) is 0 Å². The molecule has 0 aliphatic carbocycles. The van der Waals surface area contributed by atoms with Crippen LogP contribution in [-0.2, 0) is 14.9 Å². The molecule has 1 atom stereocenters. The first-order valence-corrected chi connectivity index (χ1v) is 9.51. The van der Waals surface area contributed by atoms with E-state index in [1.165, 1.54) is 38.5 Å². The van der Waals surface area contributed by atoms with Crippen molar-refractivity contribution in [1.29, 1.82) is 0 Å². The van der Waals surface area contributed by atoms with E-state index in [1.807, 2.05) is 0 Å². The molecule has 0 aromatic rings. The van der Waals surface area contributed by atoms with Crippen LogP contribution in [0.3, 0.4) is 0 Å². The molecule has 0 aliphatic rings. The van der Waals surface area contributed by atoms with E-state index >= 15 is 0 Å². The Morgan fingerprint density at radius 1 is 0.952 bits per heavy atom. The number of unbranched alkanes of at least 4 members (excludes halogenated alkanes) is 8. The van der Waals surface area contributed by atoms with Gasteiger partial charge in [0.15, 0.2) is 0 Å². The van der Waals surface area contributed by atoms with Crippen molar-refractivity contribution < 1.29 is 22.9 Å². The largest absolute Gasteiger partial charge is 0.395 e. The smallest absolute Gasteiger partial charge is 0.270 e. The molecular weight excluding hydrogens is 292 g/mol. The molecule has 6 heteroatoms. The van der Waals surface area contributed by atoms with Gasteiger partial charge in [-0.15, -0.1) is 0 Å². The Morgan fingerprint density at radius 2 is 1.43 bits per heavy atom. The van der Waals surface area contributed by atoms with Crippen LogP contribution in [0.2, 0.25) is 0 Å². The topological polar surface area (TPSA) is 91.7 Å². The van der Waals surface area contributed by atoms with Crippen molar-refractivity contribution in [1.82, 2.24) is 0 Å². The summed E-state index contributed by atoms with van der Waals surface area (Å²) in [6.07, 6.45) is 10.4. The van der Waals surface area contributed by atoms with Gasteiger partial charge in [0.25, 0.3) is 10.1 Å². The molecule has 2 N–H and O–H groups in total. The maximum atomic E-state index is 11.6. The zero-order chi connectivity index (χ0) is 16.1. The Kier molecular flexibility index (Phi) is 11.9. The number of Topliss-reactive ketones (excluding diaryl/α,β-unsaturated/α-hetero) is 1. The number of hydrogen-bond donors (Lipinski definition) is 2. The van der Waals surface area contributed by atoms with Gasteiger partial charge in [0.2, 0.25) is 0 Å². The molecule has 0 aliphatic heterocycles. The average molecular weight is 322 g/mol. The van der Waals surface area contributed by atoms with Crippen molar-refractivity contribution in [3.8, 4) is 0 Å². The normalized spacial score (nSPS) is 13.3. The van der Waals surface area contributed by atoms with E-state index in [2.05, 4.69) is 6.92 Å². The summed E-state index contributed by atoms with van der Waals surface area (Å²) in [5.41, 5.74) is 0. The number of carbonyl (C=O) groups excluding carboxylic acids is 1. The second-order valence-corrected chi connectivity index (χ2v) is 7.34. The maximum absolute atomic E-state index is 11.6. The third-order valence-corrected chi connectivity index (χ3v) is 4.80.